The lowest BCUT2D eigenvalue weighted by molar-refractivity contribution is -0.117. The molecule has 8 heteroatoms. The second-order valence-corrected chi connectivity index (χ2v) is 8.30. The summed E-state index contributed by atoms with van der Waals surface area (Å²) in [6.45, 7) is 3.17. The molecule has 1 heterocycles. The first kappa shape index (κ1) is 20.2. The lowest BCUT2D eigenvalue weighted by Gasteiger charge is -2.17. The van der Waals surface area contributed by atoms with Crippen molar-refractivity contribution < 1.29 is 22.7 Å². The predicted molar refractivity (Wildman–Crippen MR) is 106 cm³/mol. The molecular formula is C20H24N2O5S. The molecule has 150 valence electrons. The van der Waals surface area contributed by atoms with Crippen LogP contribution in [0.2, 0.25) is 0 Å². The van der Waals surface area contributed by atoms with Crippen molar-refractivity contribution in [1.29, 1.82) is 0 Å². The van der Waals surface area contributed by atoms with Crippen LogP contribution in [0.15, 0.2) is 53.4 Å². The van der Waals surface area contributed by atoms with Gasteiger partial charge in [0.05, 0.1) is 18.6 Å². The molecule has 3 rings (SSSR count). The molecule has 1 atom stereocenters. The number of hydrogen-bond donors (Lipinski definition) is 1. The second kappa shape index (κ2) is 8.62. The third-order valence-corrected chi connectivity index (χ3v) is 6.04. The highest BCUT2D eigenvalue weighted by Gasteiger charge is 2.31. The molecule has 0 radical (unpaired) electrons. The molecule has 28 heavy (non-hydrogen) atoms. The number of anilines is 1. The summed E-state index contributed by atoms with van der Waals surface area (Å²) in [5.74, 6) is 1.23. The average molecular weight is 404 g/mol. The van der Waals surface area contributed by atoms with Crippen molar-refractivity contribution in [2.75, 3.05) is 31.7 Å². The fourth-order valence-corrected chi connectivity index (χ4v) is 4.24. The number of hydrogen-bond acceptors (Lipinski definition) is 5. The molecule has 0 saturated carbocycles. The number of nitrogens with zero attached hydrogens (tertiary/aromatic N) is 1. The maximum Gasteiger partial charge on any atom is 0.240 e. The summed E-state index contributed by atoms with van der Waals surface area (Å²) in [5.41, 5.74) is 0.786. The molecule has 1 aliphatic heterocycles. The quantitative estimate of drug-likeness (QED) is 0.730. The molecular weight excluding hydrogens is 380 g/mol. The Labute approximate surface area is 165 Å². The van der Waals surface area contributed by atoms with Crippen LogP contribution in [-0.4, -0.2) is 41.1 Å². The highest BCUT2D eigenvalue weighted by atomic mass is 32.2. The van der Waals surface area contributed by atoms with Gasteiger partial charge in [-0.3, -0.25) is 4.79 Å². The Hall–Kier alpha value is -2.58. The van der Waals surface area contributed by atoms with E-state index >= 15 is 0 Å². The van der Waals surface area contributed by atoms with Crippen molar-refractivity contribution in [2.24, 2.45) is 5.92 Å². The largest absolute Gasteiger partial charge is 0.497 e. The van der Waals surface area contributed by atoms with Crippen molar-refractivity contribution >= 4 is 21.6 Å². The van der Waals surface area contributed by atoms with Gasteiger partial charge in [0, 0.05) is 25.2 Å². The number of carbonyl (C=O) groups is 1. The molecule has 1 saturated heterocycles. The lowest BCUT2D eigenvalue weighted by Crippen LogP contribution is -2.31. The van der Waals surface area contributed by atoms with E-state index in [1.807, 2.05) is 31.2 Å². The van der Waals surface area contributed by atoms with Gasteiger partial charge in [0.2, 0.25) is 15.9 Å². The minimum absolute atomic E-state index is 0.0159. The molecule has 0 unspecified atom stereocenters. The van der Waals surface area contributed by atoms with Crippen LogP contribution >= 0.6 is 0 Å². The number of methoxy groups -OCH3 is 1. The first-order valence-corrected chi connectivity index (χ1v) is 10.6. The third-order valence-electron chi connectivity index (χ3n) is 4.60. The fourth-order valence-electron chi connectivity index (χ4n) is 3.12. The molecule has 1 fully saturated rings. The normalized spacial score (nSPS) is 17.0. The van der Waals surface area contributed by atoms with Gasteiger partial charge >= 0.3 is 0 Å². The van der Waals surface area contributed by atoms with Crippen LogP contribution in [0.4, 0.5) is 5.69 Å². The van der Waals surface area contributed by atoms with E-state index in [2.05, 4.69) is 4.72 Å². The van der Waals surface area contributed by atoms with Crippen LogP contribution in [0.25, 0.3) is 0 Å². The third kappa shape index (κ3) is 4.63. The van der Waals surface area contributed by atoms with Gasteiger partial charge in [-0.25, -0.2) is 13.1 Å². The van der Waals surface area contributed by atoms with E-state index in [4.69, 9.17) is 9.47 Å². The van der Waals surface area contributed by atoms with E-state index in [1.165, 1.54) is 19.2 Å². The van der Waals surface area contributed by atoms with Crippen LogP contribution in [0.3, 0.4) is 0 Å². The molecule has 0 spiro atoms. The van der Waals surface area contributed by atoms with Crippen molar-refractivity contribution in [3.8, 4) is 11.5 Å². The van der Waals surface area contributed by atoms with Gasteiger partial charge in [0.15, 0.2) is 0 Å². The number of sulfonamides is 1. The number of amides is 1. The molecule has 0 aliphatic carbocycles. The van der Waals surface area contributed by atoms with Crippen molar-refractivity contribution in [3.05, 3.63) is 48.5 Å². The van der Waals surface area contributed by atoms with Gasteiger partial charge in [-0.05, 0) is 61.4 Å². The van der Waals surface area contributed by atoms with E-state index in [1.54, 1.807) is 17.0 Å². The zero-order valence-corrected chi connectivity index (χ0v) is 16.7. The van der Waals surface area contributed by atoms with E-state index in [0.29, 0.717) is 25.3 Å². The van der Waals surface area contributed by atoms with Crippen molar-refractivity contribution in [1.82, 2.24) is 4.72 Å². The fraction of sp³-hybridized carbons (Fsp3) is 0.350. The molecule has 0 aromatic heterocycles. The van der Waals surface area contributed by atoms with Gasteiger partial charge in [-0.2, -0.15) is 0 Å². The monoisotopic (exact) mass is 404 g/mol. The minimum atomic E-state index is -3.64. The first-order valence-electron chi connectivity index (χ1n) is 9.10. The number of carbonyl (C=O) groups excluding carboxylic acids is 1. The van der Waals surface area contributed by atoms with Crippen LogP contribution in [-0.2, 0) is 14.8 Å². The number of benzene rings is 2. The topological polar surface area (TPSA) is 84.9 Å². The maximum atomic E-state index is 12.5. The summed E-state index contributed by atoms with van der Waals surface area (Å²) in [6.07, 6.45) is 0.304. The Morgan fingerprint density at radius 2 is 1.71 bits per heavy atom. The minimum Gasteiger partial charge on any atom is -0.497 e. The highest BCUT2D eigenvalue weighted by Crippen LogP contribution is 2.27. The molecule has 7 nitrogen and oxygen atoms in total. The van der Waals surface area contributed by atoms with Gasteiger partial charge in [0.1, 0.15) is 11.5 Å². The van der Waals surface area contributed by atoms with Gasteiger partial charge in [-0.15, -0.1) is 0 Å². The first-order chi connectivity index (χ1) is 13.4. The maximum absolute atomic E-state index is 12.5. The second-order valence-electron chi connectivity index (χ2n) is 6.53. The Morgan fingerprint density at radius 3 is 2.32 bits per heavy atom. The smallest absolute Gasteiger partial charge is 0.240 e. The Bertz CT molecular complexity index is 911. The van der Waals surface area contributed by atoms with Gasteiger partial charge in [0.25, 0.3) is 0 Å². The average Bonchev–Trinajstić information content (AvgIpc) is 3.08. The Kier molecular flexibility index (Phi) is 6.21. The molecule has 2 aromatic rings. The molecule has 1 N–H and O–H groups in total. The summed E-state index contributed by atoms with van der Waals surface area (Å²) in [5, 5.41) is 0. The van der Waals surface area contributed by atoms with Crippen molar-refractivity contribution in [2.45, 2.75) is 18.2 Å². The summed E-state index contributed by atoms with van der Waals surface area (Å²) >= 11 is 0. The predicted octanol–water partition coefficient (Wildman–Crippen LogP) is 2.43. The highest BCUT2D eigenvalue weighted by molar-refractivity contribution is 7.89. The summed E-state index contributed by atoms with van der Waals surface area (Å²) in [4.78, 5) is 14.2. The molecule has 1 aliphatic rings. The summed E-state index contributed by atoms with van der Waals surface area (Å²) in [7, 11) is -2.11. The molecule has 0 bridgehead atoms. The van der Waals surface area contributed by atoms with Crippen LogP contribution in [0, 0.1) is 5.92 Å². The van der Waals surface area contributed by atoms with Crippen LogP contribution in [0.5, 0.6) is 11.5 Å². The lowest BCUT2D eigenvalue weighted by atomic mass is 10.1. The number of ether oxygens (including phenoxy) is 2. The zero-order chi connectivity index (χ0) is 20.1. The standard InChI is InChI=1S/C20H24N2O5S/c1-3-27-18-6-4-16(5-7-18)22-14-15(12-20(22)23)13-21-28(24,25)19-10-8-17(26-2)9-11-19/h4-11,15,21H,3,12-14H2,1-2H3/t15-/m0/s1. The van der Waals surface area contributed by atoms with Crippen LogP contribution < -0.4 is 19.1 Å². The van der Waals surface area contributed by atoms with E-state index in [0.717, 1.165) is 11.4 Å². The number of rotatable bonds is 8. The van der Waals surface area contributed by atoms with Crippen LogP contribution in [0.1, 0.15) is 13.3 Å². The SMILES string of the molecule is CCOc1ccc(N2C[C@H](CNS(=O)(=O)c3ccc(OC)cc3)CC2=O)cc1. The molecule has 2 aromatic carbocycles. The van der Waals surface area contributed by atoms with Crippen molar-refractivity contribution in [3.63, 3.8) is 0 Å². The van der Waals surface area contributed by atoms with E-state index in [-0.39, 0.29) is 23.3 Å². The summed E-state index contributed by atoms with van der Waals surface area (Å²) in [6, 6.07) is 13.5. The van der Waals surface area contributed by atoms with Gasteiger partial charge < -0.3 is 14.4 Å². The van der Waals surface area contributed by atoms with E-state index in [9.17, 15) is 13.2 Å². The van der Waals surface area contributed by atoms with E-state index < -0.39 is 10.0 Å². The zero-order valence-electron chi connectivity index (χ0n) is 15.9. The Balaban J connectivity index is 1.60. The Morgan fingerprint density at radius 1 is 1.07 bits per heavy atom. The number of nitrogens with one attached hydrogen (secondary N) is 1. The summed E-state index contributed by atoms with van der Waals surface area (Å²) < 4.78 is 38.0. The molecule has 1 amide bonds. The van der Waals surface area contributed by atoms with Gasteiger partial charge in [-0.1, -0.05) is 0 Å².